The van der Waals surface area contributed by atoms with Crippen LogP contribution >= 0.6 is 0 Å². The Labute approximate surface area is 204 Å². The van der Waals surface area contributed by atoms with Crippen molar-refractivity contribution in [1.82, 2.24) is 24.0 Å². The molecule has 0 aliphatic rings. The van der Waals surface area contributed by atoms with Gasteiger partial charge in [0.15, 0.2) is 0 Å². The van der Waals surface area contributed by atoms with E-state index in [4.69, 9.17) is 0 Å². The lowest BCUT2D eigenvalue weighted by Crippen LogP contribution is -2.31. The number of likely N-dealkylation sites (N-methyl/N-ethyl adjacent to an activating group) is 1. The second-order valence-electron chi connectivity index (χ2n) is 8.38. The van der Waals surface area contributed by atoms with Crippen molar-refractivity contribution in [3.63, 3.8) is 0 Å². The number of hydrogen-bond acceptors (Lipinski definition) is 5. The van der Waals surface area contributed by atoms with Crippen molar-refractivity contribution in [2.45, 2.75) is 33.7 Å². The van der Waals surface area contributed by atoms with Crippen molar-refractivity contribution < 1.29 is 4.39 Å². The molecule has 0 saturated carbocycles. The van der Waals surface area contributed by atoms with Gasteiger partial charge in [0.1, 0.15) is 18.0 Å². The number of imidazole rings is 1. The normalized spacial score (nSPS) is 11.3. The van der Waals surface area contributed by atoms with Gasteiger partial charge >= 0.3 is 5.69 Å². The summed E-state index contributed by atoms with van der Waals surface area (Å²) in [5, 5.41) is 3.93. The van der Waals surface area contributed by atoms with Gasteiger partial charge in [0, 0.05) is 42.6 Å². The number of allylic oxidation sites excluding steroid dienone is 1. The first kappa shape index (κ1) is 24.3. The minimum atomic E-state index is -0.521. The molecule has 8 heteroatoms. The molecule has 4 aromatic rings. The van der Waals surface area contributed by atoms with E-state index in [-0.39, 0.29) is 11.4 Å². The Balaban J connectivity index is 1.69. The highest BCUT2D eigenvalue weighted by molar-refractivity contribution is 5.92. The number of nitrogens with one attached hydrogen (secondary N) is 1. The molecule has 2 aromatic heterocycles. The Bertz CT molecular complexity index is 1400. The molecule has 0 fully saturated rings. The number of aromatic nitrogens is 4. The first-order valence-corrected chi connectivity index (χ1v) is 11.9. The largest absolute Gasteiger partial charge is 0.340 e. The van der Waals surface area contributed by atoms with Crippen molar-refractivity contribution in [3.05, 3.63) is 83.6 Å². The molecule has 1 N–H and O–H groups in total. The van der Waals surface area contributed by atoms with E-state index in [0.717, 1.165) is 42.9 Å². The molecule has 0 aliphatic carbocycles. The lowest BCUT2D eigenvalue weighted by Gasteiger charge is -2.17. The number of anilines is 2. The average Bonchev–Trinajstić information content (AvgIpc) is 3.24. The summed E-state index contributed by atoms with van der Waals surface area (Å²) in [5.41, 5.74) is 3.24. The molecular formula is C27H31FN6O. The number of halogens is 1. The van der Waals surface area contributed by atoms with Gasteiger partial charge in [-0.05, 0) is 48.8 Å². The number of rotatable bonds is 10. The minimum absolute atomic E-state index is 0.162. The molecule has 4 rings (SSSR count). The van der Waals surface area contributed by atoms with Crippen LogP contribution in [0.3, 0.4) is 0 Å². The van der Waals surface area contributed by atoms with Crippen molar-refractivity contribution in [1.29, 1.82) is 0 Å². The first-order valence-electron chi connectivity index (χ1n) is 11.9. The fourth-order valence-corrected chi connectivity index (χ4v) is 4.06. The molecule has 182 valence electrons. The maximum absolute atomic E-state index is 15.1. The van der Waals surface area contributed by atoms with E-state index in [2.05, 4.69) is 47.5 Å². The summed E-state index contributed by atoms with van der Waals surface area (Å²) in [6, 6.07) is 10.9. The maximum Gasteiger partial charge on any atom is 0.332 e. The van der Waals surface area contributed by atoms with E-state index in [0.29, 0.717) is 23.3 Å². The van der Waals surface area contributed by atoms with Crippen LogP contribution < -0.4 is 11.0 Å². The van der Waals surface area contributed by atoms with E-state index in [1.54, 1.807) is 23.0 Å². The van der Waals surface area contributed by atoms with Crippen molar-refractivity contribution >= 4 is 28.0 Å². The predicted octanol–water partition coefficient (Wildman–Crippen LogP) is 5.23. The van der Waals surface area contributed by atoms with Crippen molar-refractivity contribution in [2.75, 3.05) is 25.0 Å². The number of nitrogens with zero attached hydrogens (tertiary/aromatic N) is 5. The minimum Gasteiger partial charge on any atom is -0.340 e. The molecule has 0 saturated heterocycles. The summed E-state index contributed by atoms with van der Waals surface area (Å²) < 4.78 is 18.0. The fourth-order valence-electron chi connectivity index (χ4n) is 4.06. The van der Waals surface area contributed by atoms with Crippen LogP contribution in [0, 0.1) is 5.82 Å². The van der Waals surface area contributed by atoms with Gasteiger partial charge in [0.25, 0.3) is 0 Å². The Kier molecular flexibility index (Phi) is 7.41. The Morgan fingerprint density at radius 1 is 1.11 bits per heavy atom. The summed E-state index contributed by atoms with van der Waals surface area (Å²) in [6.07, 6.45) is 5.55. The number of fused-ring (bicyclic) bond motifs is 1. The standard InChI is InChI=1S/C27H31FN6O/c1-5-19(4)20-9-8-10-21(15-20)31-26-22-16-25(23(28)17-24(22)29-18-30-26)34-14-13-33(27(34)35)12-11-32(6-2)7-3/h8-10,13-18H,4-7,11-12H2,1-3H3,(H,29,30,31). The van der Waals surface area contributed by atoms with Crippen LogP contribution in [0.4, 0.5) is 15.9 Å². The van der Waals surface area contributed by atoms with Crippen molar-refractivity contribution in [2.24, 2.45) is 0 Å². The molecule has 0 aliphatic heterocycles. The summed E-state index contributed by atoms with van der Waals surface area (Å²) in [5.74, 6) is 0.0107. The Morgan fingerprint density at radius 3 is 2.66 bits per heavy atom. The predicted molar refractivity (Wildman–Crippen MR) is 140 cm³/mol. The third-order valence-corrected chi connectivity index (χ3v) is 6.32. The lowest BCUT2D eigenvalue weighted by molar-refractivity contribution is 0.289. The van der Waals surface area contributed by atoms with Crippen LogP contribution in [0.15, 0.2) is 66.5 Å². The topological polar surface area (TPSA) is 68.0 Å². The van der Waals surface area contributed by atoms with E-state index in [1.807, 2.05) is 24.3 Å². The van der Waals surface area contributed by atoms with Gasteiger partial charge in [-0.25, -0.2) is 19.2 Å². The molecule has 0 unspecified atom stereocenters. The molecule has 7 nitrogen and oxygen atoms in total. The fraction of sp³-hybridized carbons (Fsp3) is 0.296. The molecule has 0 atom stereocenters. The third kappa shape index (κ3) is 5.17. The average molecular weight is 475 g/mol. The van der Waals surface area contributed by atoms with Gasteiger partial charge in [-0.1, -0.05) is 39.5 Å². The zero-order valence-electron chi connectivity index (χ0n) is 20.5. The van der Waals surface area contributed by atoms with E-state index < -0.39 is 5.82 Å². The van der Waals surface area contributed by atoms with E-state index >= 15 is 4.39 Å². The van der Waals surface area contributed by atoms with Crippen LogP contribution in [0.2, 0.25) is 0 Å². The summed E-state index contributed by atoms with van der Waals surface area (Å²) in [6.45, 7) is 13.5. The SMILES string of the molecule is C=C(CC)c1cccc(Nc2ncnc3cc(F)c(-n4ccn(CCN(CC)CC)c4=O)cc23)c1. The molecule has 0 spiro atoms. The van der Waals surface area contributed by atoms with E-state index in [1.165, 1.54) is 17.0 Å². The van der Waals surface area contributed by atoms with Gasteiger partial charge in [-0.3, -0.25) is 9.13 Å². The number of hydrogen-bond donors (Lipinski definition) is 1. The monoisotopic (exact) mass is 474 g/mol. The van der Waals surface area contributed by atoms with Crippen LogP contribution in [0.25, 0.3) is 22.2 Å². The number of benzene rings is 2. The Hall–Kier alpha value is -3.78. The highest BCUT2D eigenvalue weighted by Crippen LogP contribution is 2.28. The van der Waals surface area contributed by atoms with Gasteiger partial charge in [-0.2, -0.15) is 0 Å². The van der Waals surface area contributed by atoms with E-state index in [9.17, 15) is 4.79 Å². The van der Waals surface area contributed by atoms with Gasteiger partial charge in [0.2, 0.25) is 0 Å². The van der Waals surface area contributed by atoms with Gasteiger partial charge < -0.3 is 10.2 Å². The summed E-state index contributed by atoms with van der Waals surface area (Å²) >= 11 is 0. The highest BCUT2D eigenvalue weighted by Gasteiger charge is 2.15. The molecule has 0 bridgehead atoms. The molecular weight excluding hydrogens is 443 g/mol. The maximum atomic E-state index is 15.1. The van der Waals surface area contributed by atoms with Gasteiger partial charge in [-0.15, -0.1) is 0 Å². The zero-order valence-corrected chi connectivity index (χ0v) is 20.5. The second kappa shape index (κ2) is 10.7. The molecule has 0 radical (unpaired) electrons. The lowest BCUT2D eigenvalue weighted by atomic mass is 10.0. The van der Waals surface area contributed by atoms with Crippen LogP contribution in [-0.2, 0) is 6.54 Å². The van der Waals surface area contributed by atoms with Crippen LogP contribution in [0.5, 0.6) is 0 Å². The van der Waals surface area contributed by atoms with Crippen LogP contribution in [0.1, 0.15) is 32.8 Å². The zero-order chi connectivity index (χ0) is 24.9. The molecule has 2 aromatic carbocycles. The second-order valence-corrected chi connectivity index (χ2v) is 8.38. The van der Waals surface area contributed by atoms with Crippen molar-refractivity contribution in [3.8, 4) is 5.69 Å². The Morgan fingerprint density at radius 2 is 1.91 bits per heavy atom. The quantitative estimate of drug-likeness (QED) is 0.341. The van der Waals surface area contributed by atoms with Crippen LogP contribution in [-0.4, -0.2) is 43.6 Å². The smallest absolute Gasteiger partial charge is 0.332 e. The summed E-state index contributed by atoms with van der Waals surface area (Å²) in [4.78, 5) is 23.9. The molecule has 0 amide bonds. The third-order valence-electron chi connectivity index (χ3n) is 6.32. The van der Waals surface area contributed by atoms with Gasteiger partial charge in [0.05, 0.1) is 11.2 Å². The molecule has 2 heterocycles. The summed E-state index contributed by atoms with van der Waals surface area (Å²) in [7, 11) is 0. The first-order chi connectivity index (χ1) is 16.9. The molecule has 35 heavy (non-hydrogen) atoms. The highest BCUT2D eigenvalue weighted by atomic mass is 19.1.